The van der Waals surface area contributed by atoms with Crippen LogP contribution in [0, 0.1) is 5.82 Å². The number of carbonyl (C=O) groups is 1. The average Bonchev–Trinajstić information content (AvgIpc) is 3.17. The van der Waals surface area contributed by atoms with Crippen molar-refractivity contribution in [2.24, 2.45) is 0 Å². The van der Waals surface area contributed by atoms with Gasteiger partial charge >= 0.3 is 6.03 Å². The molecule has 0 spiro atoms. The van der Waals surface area contributed by atoms with E-state index in [0.717, 1.165) is 44.7 Å². The number of amides is 2. The molecule has 28 heavy (non-hydrogen) atoms. The number of urea groups is 1. The number of piperidine rings is 1. The van der Waals surface area contributed by atoms with E-state index in [9.17, 15) is 9.18 Å². The van der Waals surface area contributed by atoms with Crippen LogP contribution in [0.5, 0.6) is 0 Å². The highest BCUT2D eigenvalue weighted by molar-refractivity contribution is 5.74. The Morgan fingerprint density at radius 3 is 2.36 bits per heavy atom. The van der Waals surface area contributed by atoms with Gasteiger partial charge in [-0.15, -0.1) is 0 Å². The molecule has 0 saturated carbocycles. The number of nitrogens with one attached hydrogen (secondary N) is 2. The predicted octanol–water partition coefficient (Wildman–Crippen LogP) is 2.77. The van der Waals surface area contributed by atoms with Gasteiger partial charge in [-0.05, 0) is 43.5 Å². The normalized spacial score (nSPS) is 20.2. The molecule has 3 heterocycles. The molecule has 7 heteroatoms. The van der Waals surface area contributed by atoms with Crippen LogP contribution in [0.25, 0.3) is 0 Å². The topological polar surface area (TPSA) is 60.5 Å². The fourth-order valence-electron chi connectivity index (χ4n) is 4.01. The van der Waals surface area contributed by atoms with Crippen molar-refractivity contribution in [2.75, 3.05) is 36.0 Å². The van der Waals surface area contributed by atoms with Crippen LogP contribution in [0.3, 0.4) is 0 Å². The maximum atomic E-state index is 13.9. The third-order valence-corrected chi connectivity index (χ3v) is 5.52. The summed E-state index contributed by atoms with van der Waals surface area (Å²) in [7, 11) is 0. The number of benzene rings is 1. The van der Waals surface area contributed by atoms with Crippen LogP contribution in [-0.4, -0.2) is 49.3 Å². The molecule has 6 nitrogen and oxygen atoms in total. The highest BCUT2D eigenvalue weighted by atomic mass is 19.1. The van der Waals surface area contributed by atoms with E-state index in [1.165, 1.54) is 6.07 Å². The van der Waals surface area contributed by atoms with Gasteiger partial charge in [0.25, 0.3) is 0 Å². The maximum absolute atomic E-state index is 13.9. The van der Waals surface area contributed by atoms with Gasteiger partial charge in [-0.25, -0.2) is 14.2 Å². The summed E-state index contributed by atoms with van der Waals surface area (Å²) in [5.74, 6) is 0.775. The van der Waals surface area contributed by atoms with Gasteiger partial charge in [-0.2, -0.15) is 0 Å². The number of aromatic nitrogens is 1. The molecule has 2 N–H and O–H groups in total. The largest absolute Gasteiger partial charge is 0.367 e. The van der Waals surface area contributed by atoms with Gasteiger partial charge in [-0.3, -0.25) is 0 Å². The first-order valence-corrected chi connectivity index (χ1v) is 9.91. The second-order valence-corrected chi connectivity index (χ2v) is 7.45. The molecule has 0 aliphatic carbocycles. The predicted molar refractivity (Wildman–Crippen MR) is 108 cm³/mol. The Bertz CT molecular complexity index is 794. The number of rotatable bonds is 4. The summed E-state index contributed by atoms with van der Waals surface area (Å²) in [6, 6.07) is 12.8. The van der Waals surface area contributed by atoms with Gasteiger partial charge in [0.1, 0.15) is 11.6 Å². The van der Waals surface area contributed by atoms with Crippen molar-refractivity contribution in [3.05, 3.63) is 54.5 Å². The Morgan fingerprint density at radius 2 is 1.61 bits per heavy atom. The van der Waals surface area contributed by atoms with Crippen molar-refractivity contribution in [2.45, 2.75) is 31.3 Å². The van der Waals surface area contributed by atoms with E-state index < -0.39 is 0 Å². The lowest BCUT2D eigenvalue weighted by Crippen LogP contribution is -2.50. The zero-order valence-corrected chi connectivity index (χ0v) is 15.9. The summed E-state index contributed by atoms with van der Waals surface area (Å²) in [6.07, 6.45) is 4.42. The number of hydrogen-bond acceptors (Lipinski definition) is 4. The standard InChI is InChI=1S/C21H26FN5O/c22-18-5-1-2-6-19(18)27-14-10-17(15-27)25-21(28)24-16-8-12-26(13-9-16)20-7-3-4-11-23-20/h1-7,11,16-17H,8-10,12-15H2,(H2,24,25,28). The minimum absolute atomic E-state index is 0.0354. The Morgan fingerprint density at radius 1 is 0.929 bits per heavy atom. The van der Waals surface area contributed by atoms with Crippen LogP contribution in [-0.2, 0) is 0 Å². The Hall–Kier alpha value is -2.83. The number of halogens is 1. The summed E-state index contributed by atoms with van der Waals surface area (Å²) in [5, 5.41) is 6.14. The highest BCUT2D eigenvalue weighted by Gasteiger charge is 2.27. The first-order chi connectivity index (χ1) is 13.7. The second kappa shape index (κ2) is 8.46. The lowest BCUT2D eigenvalue weighted by Gasteiger charge is -2.33. The van der Waals surface area contributed by atoms with Crippen molar-refractivity contribution >= 4 is 17.5 Å². The van der Waals surface area contributed by atoms with E-state index in [4.69, 9.17) is 0 Å². The number of anilines is 2. The molecule has 2 amide bonds. The molecule has 0 bridgehead atoms. The van der Waals surface area contributed by atoms with Gasteiger partial charge in [-0.1, -0.05) is 18.2 Å². The molecule has 1 unspecified atom stereocenters. The summed E-state index contributed by atoms with van der Waals surface area (Å²) in [6.45, 7) is 3.14. The Labute approximate surface area is 164 Å². The van der Waals surface area contributed by atoms with Crippen molar-refractivity contribution in [1.82, 2.24) is 15.6 Å². The third kappa shape index (κ3) is 4.35. The van der Waals surface area contributed by atoms with E-state index in [0.29, 0.717) is 12.2 Å². The molecule has 2 fully saturated rings. The van der Waals surface area contributed by atoms with E-state index in [-0.39, 0.29) is 23.9 Å². The summed E-state index contributed by atoms with van der Waals surface area (Å²) in [5.41, 5.74) is 0.606. The first-order valence-electron chi connectivity index (χ1n) is 9.91. The summed E-state index contributed by atoms with van der Waals surface area (Å²) >= 11 is 0. The molecule has 2 saturated heterocycles. The first kappa shape index (κ1) is 18.5. The van der Waals surface area contributed by atoms with E-state index in [1.807, 2.05) is 29.2 Å². The minimum Gasteiger partial charge on any atom is -0.367 e. The molecule has 0 radical (unpaired) electrons. The van der Waals surface area contributed by atoms with Crippen molar-refractivity contribution in [3.63, 3.8) is 0 Å². The van der Waals surface area contributed by atoms with Gasteiger partial charge < -0.3 is 20.4 Å². The van der Waals surface area contributed by atoms with Crippen LogP contribution >= 0.6 is 0 Å². The second-order valence-electron chi connectivity index (χ2n) is 7.45. The van der Waals surface area contributed by atoms with E-state index >= 15 is 0 Å². The molecule has 2 aliphatic rings. The van der Waals surface area contributed by atoms with Gasteiger partial charge in [0.15, 0.2) is 0 Å². The average molecular weight is 383 g/mol. The number of pyridine rings is 1. The summed E-state index contributed by atoms with van der Waals surface area (Å²) < 4.78 is 13.9. The molecule has 1 aromatic heterocycles. The monoisotopic (exact) mass is 383 g/mol. The van der Waals surface area contributed by atoms with Gasteiger partial charge in [0, 0.05) is 44.5 Å². The molecule has 4 rings (SSSR count). The van der Waals surface area contributed by atoms with Crippen LogP contribution < -0.4 is 20.4 Å². The van der Waals surface area contributed by atoms with Gasteiger partial charge in [0.05, 0.1) is 5.69 Å². The van der Waals surface area contributed by atoms with Crippen molar-refractivity contribution in [3.8, 4) is 0 Å². The molecular weight excluding hydrogens is 357 g/mol. The third-order valence-electron chi connectivity index (χ3n) is 5.52. The number of hydrogen-bond donors (Lipinski definition) is 2. The van der Waals surface area contributed by atoms with E-state index in [1.54, 1.807) is 18.3 Å². The van der Waals surface area contributed by atoms with Crippen molar-refractivity contribution < 1.29 is 9.18 Å². The molecular formula is C21H26FN5O. The number of carbonyl (C=O) groups excluding carboxylic acids is 1. The van der Waals surface area contributed by atoms with E-state index in [2.05, 4.69) is 20.5 Å². The van der Waals surface area contributed by atoms with Crippen LogP contribution in [0.15, 0.2) is 48.7 Å². The molecule has 2 aromatic rings. The lowest BCUT2D eigenvalue weighted by atomic mass is 10.1. The molecule has 148 valence electrons. The fourth-order valence-corrected chi connectivity index (χ4v) is 4.01. The lowest BCUT2D eigenvalue weighted by molar-refractivity contribution is 0.231. The molecule has 2 aliphatic heterocycles. The number of nitrogens with zero attached hydrogens (tertiary/aromatic N) is 3. The smallest absolute Gasteiger partial charge is 0.315 e. The molecule has 1 atom stereocenters. The minimum atomic E-state index is -0.215. The highest BCUT2D eigenvalue weighted by Crippen LogP contribution is 2.23. The van der Waals surface area contributed by atoms with Crippen LogP contribution in [0.1, 0.15) is 19.3 Å². The maximum Gasteiger partial charge on any atom is 0.315 e. The summed E-state index contributed by atoms with van der Waals surface area (Å²) in [4.78, 5) is 21.0. The Balaban J connectivity index is 1.22. The molecule has 1 aromatic carbocycles. The fraction of sp³-hybridized carbons (Fsp3) is 0.429. The zero-order valence-electron chi connectivity index (χ0n) is 15.9. The zero-order chi connectivity index (χ0) is 19.3. The number of para-hydroxylation sites is 1. The van der Waals surface area contributed by atoms with Crippen LogP contribution in [0.4, 0.5) is 20.7 Å². The SMILES string of the molecule is O=C(NC1CCN(c2ccccn2)CC1)NC1CCN(c2ccccc2F)C1. The van der Waals surface area contributed by atoms with Crippen molar-refractivity contribution in [1.29, 1.82) is 0 Å². The quantitative estimate of drug-likeness (QED) is 0.852. The van der Waals surface area contributed by atoms with Crippen LogP contribution in [0.2, 0.25) is 0 Å². The Kier molecular flexibility index (Phi) is 5.60. The van der Waals surface area contributed by atoms with Gasteiger partial charge in [0.2, 0.25) is 0 Å².